The van der Waals surface area contributed by atoms with Gasteiger partial charge in [-0.15, -0.1) is 0 Å². The summed E-state index contributed by atoms with van der Waals surface area (Å²) in [4.78, 5) is 11.8. The Morgan fingerprint density at radius 2 is 1.94 bits per heavy atom. The van der Waals surface area contributed by atoms with Crippen molar-refractivity contribution < 1.29 is 9.53 Å². The third kappa shape index (κ3) is 5.32. The number of amides is 1. The summed E-state index contributed by atoms with van der Waals surface area (Å²) in [7, 11) is 1.66. The highest BCUT2D eigenvalue weighted by atomic mass is 16.5. The largest absolute Gasteiger partial charge is 0.385 e. The molecule has 0 bridgehead atoms. The molecule has 0 unspecified atom stereocenters. The lowest BCUT2D eigenvalue weighted by atomic mass is 10.0. The lowest BCUT2D eigenvalue weighted by molar-refractivity contribution is 0.0948. The zero-order chi connectivity index (χ0) is 13.4. The van der Waals surface area contributed by atoms with Crippen molar-refractivity contribution in [2.24, 2.45) is 5.92 Å². The van der Waals surface area contributed by atoms with E-state index >= 15 is 0 Å². The van der Waals surface area contributed by atoms with Crippen LogP contribution in [0.3, 0.4) is 0 Å². The second kappa shape index (κ2) is 7.88. The first-order valence-electron chi connectivity index (χ1n) is 6.49. The molecule has 0 heterocycles. The van der Waals surface area contributed by atoms with Gasteiger partial charge in [0.1, 0.15) is 0 Å². The molecule has 1 aromatic rings. The fourth-order valence-corrected chi connectivity index (χ4v) is 1.78. The van der Waals surface area contributed by atoms with E-state index in [0.29, 0.717) is 19.1 Å². The van der Waals surface area contributed by atoms with Crippen molar-refractivity contribution in [1.29, 1.82) is 0 Å². The number of carbonyl (C=O) groups is 1. The van der Waals surface area contributed by atoms with Crippen molar-refractivity contribution in [3.63, 3.8) is 0 Å². The lowest BCUT2D eigenvalue weighted by Gasteiger charge is -2.07. The van der Waals surface area contributed by atoms with Gasteiger partial charge in [0.2, 0.25) is 0 Å². The summed E-state index contributed by atoms with van der Waals surface area (Å²) < 4.78 is 4.93. The zero-order valence-corrected chi connectivity index (χ0v) is 11.5. The number of ether oxygens (including phenoxy) is 1. The fourth-order valence-electron chi connectivity index (χ4n) is 1.78. The molecule has 1 aromatic carbocycles. The number of methoxy groups -OCH3 is 1. The molecule has 3 heteroatoms. The predicted octanol–water partition coefficient (Wildman–Crippen LogP) is 2.65. The van der Waals surface area contributed by atoms with E-state index in [9.17, 15) is 4.79 Å². The van der Waals surface area contributed by atoms with E-state index in [0.717, 1.165) is 18.4 Å². The monoisotopic (exact) mass is 249 g/mol. The summed E-state index contributed by atoms with van der Waals surface area (Å²) in [6.45, 7) is 5.71. The molecule has 18 heavy (non-hydrogen) atoms. The Morgan fingerprint density at radius 3 is 2.50 bits per heavy atom. The maximum Gasteiger partial charge on any atom is 0.251 e. The molecule has 0 aliphatic carbocycles. The van der Waals surface area contributed by atoms with Crippen LogP contribution >= 0.6 is 0 Å². The first-order chi connectivity index (χ1) is 8.63. The average Bonchev–Trinajstić information content (AvgIpc) is 2.34. The quantitative estimate of drug-likeness (QED) is 0.754. The number of nitrogens with one attached hydrogen (secondary N) is 1. The lowest BCUT2D eigenvalue weighted by Crippen LogP contribution is -2.25. The standard InChI is InChI=1S/C15H23NO2/c1-12(2)11-13-5-7-14(8-6-13)15(17)16-9-4-10-18-3/h5-8,12H,4,9-11H2,1-3H3,(H,16,17). The summed E-state index contributed by atoms with van der Waals surface area (Å²) >= 11 is 0. The average molecular weight is 249 g/mol. The SMILES string of the molecule is COCCCNC(=O)c1ccc(CC(C)C)cc1. The van der Waals surface area contributed by atoms with Gasteiger partial charge in [0.05, 0.1) is 0 Å². The summed E-state index contributed by atoms with van der Waals surface area (Å²) in [5, 5.41) is 2.88. The molecule has 0 saturated heterocycles. The smallest absolute Gasteiger partial charge is 0.251 e. The Labute approximate surface area is 110 Å². The molecule has 1 amide bonds. The van der Waals surface area contributed by atoms with Gasteiger partial charge in [-0.05, 0) is 36.5 Å². The number of benzene rings is 1. The van der Waals surface area contributed by atoms with Crippen molar-refractivity contribution >= 4 is 5.91 Å². The minimum atomic E-state index is -0.0119. The minimum Gasteiger partial charge on any atom is -0.385 e. The van der Waals surface area contributed by atoms with Crippen molar-refractivity contribution in [3.8, 4) is 0 Å². The van der Waals surface area contributed by atoms with Crippen LogP contribution in [0.15, 0.2) is 24.3 Å². The Kier molecular flexibility index (Phi) is 6.44. The normalized spacial score (nSPS) is 10.7. The summed E-state index contributed by atoms with van der Waals surface area (Å²) in [5.74, 6) is 0.626. The van der Waals surface area contributed by atoms with E-state index < -0.39 is 0 Å². The summed E-state index contributed by atoms with van der Waals surface area (Å²) in [6.07, 6.45) is 1.89. The Hall–Kier alpha value is -1.35. The van der Waals surface area contributed by atoms with E-state index in [2.05, 4.69) is 19.2 Å². The van der Waals surface area contributed by atoms with Crippen molar-refractivity contribution in [3.05, 3.63) is 35.4 Å². The fraction of sp³-hybridized carbons (Fsp3) is 0.533. The molecule has 0 radical (unpaired) electrons. The van der Waals surface area contributed by atoms with Gasteiger partial charge in [0, 0.05) is 25.8 Å². The Morgan fingerprint density at radius 1 is 1.28 bits per heavy atom. The molecule has 100 valence electrons. The predicted molar refractivity (Wildman–Crippen MR) is 73.8 cm³/mol. The number of carbonyl (C=O) groups excluding carboxylic acids is 1. The molecule has 0 saturated carbocycles. The zero-order valence-electron chi connectivity index (χ0n) is 11.5. The van der Waals surface area contributed by atoms with Crippen LogP contribution in [-0.4, -0.2) is 26.2 Å². The highest BCUT2D eigenvalue weighted by molar-refractivity contribution is 5.94. The molecule has 0 aromatic heterocycles. The third-order valence-electron chi connectivity index (χ3n) is 2.67. The van der Waals surface area contributed by atoms with Crippen LogP contribution in [0.1, 0.15) is 36.2 Å². The van der Waals surface area contributed by atoms with Gasteiger partial charge in [-0.3, -0.25) is 4.79 Å². The number of hydrogen-bond donors (Lipinski definition) is 1. The van der Waals surface area contributed by atoms with Crippen molar-refractivity contribution in [1.82, 2.24) is 5.32 Å². The van der Waals surface area contributed by atoms with E-state index in [4.69, 9.17) is 4.74 Å². The molecular formula is C15H23NO2. The van der Waals surface area contributed by atoms with Gasteiger partial charge in [-0.25, -0.2) is 0 Å². The maximum atomic E-state index is 11.8. The topological polar surface area (TPSA) is 38.3 Å². The van der Waals surface area contributed by atoms with Crippen LogP contribution in [0.2, 0.25) is 0 Å². The number of hydrogen-bond acceptors (Lipinski definition) is 2. The first kappa shape index (κ1) is 14.7. The molecule has 1 rings (SSSR count). The molecular weight excluding hydrogens is 226 g/mol. The highest BCUT2D eigenvalue weighted by Gasteiger charge is 2.05. The van der Waals surface area contributed by atoms with Gasteiger partial charge in [0.15, 0.2) is 0 Å². The molecule has 3 nitrogen and oxygen atoms in total. The van der Waals surface area contributed by atoms with Crippen LogP contribution in [0.5, 0.6) is 0 Å². The molecule has 0 aliphatic heterocycles. The van der Waals surface area contributed by atoms with Crippen LogP contribution in [0, 0.1) is 5.92 Å². The Balaban J connectivity index is 2.43. The van der Waals surface area contributed by atoms with Crippen LogP contribution in [0.4, 0.5) is 0 Å². The Bertz CT molecular complexity index is 357. The van der Waals surface area contributed by atoms with E-state index in [1.165, 1.54) is 5.56 Å². The molecule has 0 aliphatic rings. The van der Waals surface area contributed by atoms with Crippen LogP contribution in [-0.2, 0) is 11.2 Å². The third-order valence-corrected chi connectivity index (χ3v) is 2.67. The second-order valence-electron chi connectivity index (χ2n) is 4.90. The highest BCUT2D eigenvalue weighted by Crippen LogP contribution is 2.09. The second-order valence-corrected chi connectivity index (χ2v) is 4.90. The first-order valence-corrected chi connectivity index (χ1v) is 6.49. The van der Waals surface area contributed by atoms with Gasteiger partial charge in [-0.1, -0.05) is 26.0 Å². The van der Waals surface area contributed by atoms with Crippen LogP contribution < -0.4 is 5.32 Å². The number of rotatable bonds is 7. The van der Waals surface area contributed by atoms with Gasteiger partial charge >= 0.3 is 0 Å². The molecule has 0 fully saturated rings. The molecule has 0 spiro atoms. The summed E-state index contributed by atoms with van der Waals surface area (Å²) in [5.41, 5.74) is 2.00. The molecule has 1 N–H and O–H groups in total. The molecule has 0 atom stereocenters. The van der Waals surface area contributed by atoms with E-state index in [1.807, 2.05) is 24.3 Å². The summed E-state index contributed by atoms with van der Waals surface area (Å²) in [6, 6.07) is 7.85. The van der Waals surface area contributed by atoms with Crippen molar-refractivity contribution in [2.75, 3.05) is 20.3 Å². The van der Waals surface area contributed by atoms with Gasteiger partial charge in [0.25, 0.3) is 5.91 Å². The van der Waals surface area contributed by atoms with Crippen LogP contribution in [0.25, 0.3) is 0 Å². The minimum absolute atomic E-state index is 0.0119. The van der Waals surface area contributed by atoms with E-state index in [1.54, 1.807) is 7.11 Å². The van der Waals surface area contributed by atoms with E-state index in [-0.39, 0.29) is 5.91 Å². The van der Waals surface area contributed by atoms with Crippen molar-refractivity contribution in [2.45, 2.75) is 26.7 Å². The van der Waals surface area contributed by atoms with Gasteiger partial charge in [-0.2, -0.15) is 0 Å². The van der Waals surface area contributed by atoms with Gasteiger partial charge < -0.3 is 10.1 Å². The maximum absolute atomic E-state index is 11.8.